The number of aryl methyl sites for hydroxylation is 1. The van der Waals surface area contributed by atoms with Gasteiger partial charge in [0.25, 0.3) is 0 Å². The van der Waals surface area contributed by atoms with Crippen molar-refractivity contribution in [3.05, 3.63) is 81.6 Å². The molecule has 3 heterocycles. The fraction of sp³-hybridized carbons (Fsp3) is 0.333. The molecule has 1 spiro atoms. The molecule has 1 atom stereocenters. The van der Waals surface area contributed by atoms with Crippen molar-refractivity contribution in [2.45, 2.75) is 43.8 Å². The van der Waals surface area contributed by atoms with E-state index in [9.17, 15) is 9.59 Å². The Labute approximate surface area is 288 Å². The van der Waals surface area contributed by atoms with Gasteiger partial charge in [0.05, 0.1) is 48.2 Å². The molecule has 1 aromatic heterocycles. The lowest BCUT2D eigenvalue weighted by Crippen LogP contribution is -2.66. The molecule has 2 aliphatic heterocycles. The summed E-state index contributed by atoms with van der Waals surface area (Å²) < 4.78 is 11.4. The number of carbonyl (C=O) groups is 2. The number of aromatic nitrogens is 2. The number of carboxylic acids is 1. The number of aliphatic carboxylic acids is 1. The summed E-state index contributed by atoms with van der Waals surface area (Å²) in [7, 11) is 3.20. The highest BCUT2D eigenvalue weighted by Crippen LogP contribution is 2.46. The Morgan fingerprint density at radius 1 is 1.04 bits per heavy atom. The monoisotopic (exact) mass is 687 g/mol. The SMILES string of the molecule is COc1cc(-c2cccc(-c3cccc(-c4cnc(CN5CC6(CCC(=O)N6)C5)c(OC)n4)c3Cl)c2Cl)cc2c1C(NCC(=O)O)CC2. The van der Waals surface area contributed by atoms with Crippen LogP contribution in [-0.4, -0.2) is 71.2 Å². The predicted octanol–water partition coefficient (Wildman–Crippen LogP) is 5.93. The van der Waals surface area contributed by atoms with Crippen LogP contribution in [0.2, 0.25) is 10.0 Å². The normalized spacial score (nSPS) is 18.0. The number of hydrogen-bond acceptors (Lipinski definition) is 8. The van der Waals surface area contributed by atoms with Gasteiger partial charge in [-0.25, -0.2) is 4.98 Å². The number of rotatable bonds is 10. The smallest absolute Gasteiger partial charge is 0.317 e. The van der Waals surface area contributed by atoms with Gasteiger partial charge in [0.1, 0.15) is 11.4 Å². The van der Waals surface area contributed by atoms with Crippen LogP contribution in [0.1, 0.15) is 42.1 Å². The van der Waals surface area contributed by atoms with E-state index < -0.39 is 5.97 Å². The van der Waals surface area contributed by atoms with Crippen LogP contribution in [0.25, 0.3) is 33.5 Å². The van der Waals surface area contributed by atoms with E-state index in [2.05, 4.69) is 21.6 Å². The van der Waals surface area contributed by atoms with Crippen molar-refractivity contribution < 1.29 is 24.2 Å². The highest BCUT2D eigenvalue weighted by atomic mass is 35.5. The standard InChI is InChI=1S/C36H35Cl2N5O5/c1-47-29-14-21(13-20-9-10-26(32(20)29)40-16-31(45)46)22-5-3-6-23(33(22)37)24-7-4-8-25(34(24)38)27-15-39-28(35(41-27)48-2)17-43-18-36(19-43)12-11-30(44)42-36/h3-8,13-15,26,40H,9-12,16-19H2,1-2H3,(H,42,44)(H,45,46). The second-order valence-corrected chi connectivity index (χ2v) is 13.4. The fourth-order valence-corrected chi connectivity index (χ4v) is 7.97. The van der Waals surface area contributed by atoms with E-state index in [-0.39, 0.29) is 24.0 Å². The van der Waals surface area contributed by atoms with E-state index in [4.69, 9.17) is 47.8 Å². The number of likely N-dealkylation sites (tertiary alicyclic amines) is 1. The van der Waals surface area contributed by atoms with E-state index in [1.54, 1.807) is 20.4 Å². The van der Waals surface area contributed by atoms with Crippen LogP contribution < -0.4 is 20.1 Å². The number of halogens is 2. The van der Waals surface area contributed by atoms with Crippen molar-refractivity contribution >= 4 is 35.1 Å². The van der Waals surface area contributed by atoms with E-state index >= 15 is 0 Å². The van der Waals surface area contributed by atoms with Gasteiger partial charge in [-0.05, 0) is 36.5 Å². The Morgan fingerprint density at radius 3 is 2.42 bits per heavy atom. The van der Waals surface area contributed by atoms with Crippen molar-refractivity contribution in [3.63, 3.8) is 0 Å². The lowest BCUT2D eigenvalue weighted by molar-refractivity contribution is -0.136. The van der Waals surface area contributed by atoms with E-state index in [1.165, 1.54) is 0 Å². The number of carboxylic acid groups (broad SMARTS) is 1. The number of amides is 1. The summed E-state index contributed by atoms with van der Waals surface area (Å²) >= 11 is 14.2. The highest BCUT2D eigenvalue weighted by molar-refractivity contribution is 6.39. The molecular weight excluding hydrogens is 653 g/mol. The maximum Gasteiger partial charge on any atom is 0.317 e. The van der Waals surface area contributed by atoms with E-state index in [0.29, 0.717) is 45.9 Å². The van der Waals surface area contributed by atoms with Crippen molar-refractivity contribution in [3.8, 4) is 45.1 Å². The van der Waals surface area contributed by atoms with Crippen LogP contribution in [0.15, 0.2) is 54.7 Å². The zero-order valence-electron chi connectivity index (χ0n) is 26.6. The first-order chi connectivity index (χ1) is 23.2. The average molecular weight is 689 g/mol. The Balaban J connectivity index is 1.16. The minimum absolute atomic E-state index is 0.0942. The Kier molecular flexibility index (Phi) is 8.76. The largest absolute Gasteiger partial charge is 0.496 e. The van der Waals surface area contributed by atoms with Crippen molar-refractivity contribution in [1.29, 1.82) is 0 Å². The third-order valence-electron chi connectivity index (χ3n) is 9.54. The predicted molar refractivity (Wildman–Crippen MR) is 184 cm³/mol. The summed E-state index contributed by atoms with van der Waals surface area (Å²) in [5.74, 6) is 0.343. The van der Waals surface area contributed by atoms with Crippen LogP contribution >= 0.6 is 23.2 Å². The van der Waals surface area contributed by atoms with Crippen LogP contribution in [-0.2, 0) is 22.6 Å². The molecule has 2 saturated heterocycles. The molecule has 3 aromatic carbocycles. The number of fused-ring (bicyclic) bond motifs is 1. The van der Waals surface area contributed by atoms with Gasteiger partial charge < -0.3 is 19.9 Å². The van der Waals surface area contributed by atoms with E-state index in [1.807, 2.05) is 42.5 Å². The Bertz CT molecular complexity index is 1930. The van der Waals surface area contributed by atoms with Gasteiger partial charge in [-0.2, -0.15) is 0 Å². The molecule has 1 amide bonds. The van der Waals surface area contributed by atoms with Crippen LogP contribution in [0.4, 0.5) is 0 Å². The summed E-state index contributed by atoms with van der Waals surface area (Å²) in [6.07, 6.45) is 4.73. The van der Waals surface area contributed by atoms with Gasteiger partial charge in [0.2, 0.25) is 11.8 Å². The summed E-state index contributed by atoms with van der Waals surface area (Å²) in [5, 5.41) is 16.4. The molecule has 7 rings (SSSR count). The molecule has 2 fully saturated rings. The Hall–Kier alpha value is -4.22. The molecule has 0 radical (unpaired) electrons. The molecule has 1 aliphatic carbocycles. The summed E-state index contributed by atoms with van der Waals surface area (Å²) in [4.78, 5) is 34.6. The zero-order valence-corrected chi connectivity index (χ0v) is 28.1. The number of hydrogen-bond donors (Lipinski definition) is 3. The maximum atomic E-state index is 11.7. The molecule has 3 N–H and O–H groups in total. The quantitative estimate of drug-likeness (QED) is 0.186. The second kappa shape index (κ2) is 13.0. The van der Waals surface area contributed by atoms with Crippen LogP contribution in [0, 0.1) is 0 Å². The summed E-state index contributed by atoms with van der Waals surface area (Å²) in [5.41, 5.74) is 7.22. The van der Waals surface area contributed by atoms with Gasteiger partial charge in [0.15, 0.2) is 0 Å². The molecule has 1 unspecified atom stereocenters. The molecule has 0 bridgehead atoms. The number of nitrogens with zero attached hydrogens (tertiary/aromatic N) is 3. The topological polar surface area (TPSA) is 126 Å². The second-order valence-electron chi connectivity index (χ2n) is 12.6. The van der Waals surface area contributed by atoms with Crippen molar-refractivity contribution in [2.24, 2.45) is 0 Å². The summed E-state index contributed by atoms with van der Waals surface area (Å²) in [6, 6.07) is 15.6. The number of ether oxygens (including phenoxy) is 2. The van der Waals surface area contributed by atoms with Gasteiger partial charge in [-0.1, -0.05) is 65.7 Å². The van der Waals surface area contributed by atoms with Gasteiger partial charge >= 0.3 is 5.97 Å². The lowest BCUT2D eigenvalue weighted by atomic mass is 9.88. The van der Waals surface area contributed by atoms with Gasteiger partial charge in [-0.3, -0.25) is 24.8 Å². The molecule has 48 heavy (non-hydrogen) atoms. The first kappa shape index (κ1) is 32.3. The number of carbonyl (C=O) groups excluding carboxylic acids is 1. The van der Waals surface area contributed by atoms with Crippen LogP contribution in [0.5, 0.6) is 11.6 Å². The molecule has 10 nitrogen and oxygen atoms in total. The molecule has 4 aromatic rings. The van der Waals surface area contributed by atoms with Crippen molar-refractivity contribution in [2.75, 3.05) is 33.9 Å². The fourth-order valence-electron chi connectivity index (χ4n) is 7.31. The third-order valence-corrected chi connectivity index (χ3v) is 10.4. The number of benzene rings is 3. The molecular formula is C36H35Cl2N5O5. The van der Waals surface area contributed by atoms with Crippen LogP contribution in [0.3, 0.4) is 0 Å². The number of nitrogens with one attached hydrogen (secondary N) is 2. The maximum absolute atomic E-state index is 11.7. The molecule has 248 valence electrons. The van der Waals surface area contributed by atoms with Crippen molar-refractivity contribution in [1.82, 2.24) is 25.5 Å². The first-order valence-electron chi connectivity index (χ1n) is 15.9. The Morgan fingerprint density at radius 2 is 1.75 bits per heavy atom. The van der Waals surface area contributed by atoms with Gasteiger partial charge in [0, 0.05) is 59.9 Å². The zero-order chi connectivity index (χ0) is 33.6. The molecule has 12 heteroatoms. The highest BCUT2D eigenvalue weighted by Gasteiger charge is 2.47. The molecule has 0 saturated carbocycles. The average Bonchev–Trinajstić information content (AvgIpc) is 3.67. The number of methoxy groups -OCH3 is 2. The lowest BCUT2D eigenvalue weighted by Gasteiger charge is -2.47. The van der Waals surface area contributed by atoms with E-state index in [0.717, 1.165) is 71.4 Å². The summed E-state index contributed by atoms with van der Waals surface area (Å²) in [6.45, 7) is 2.01. The third kappa shape index (κ3) is 5.98. The first-order valence-corrected chi connectivity index (χ1v) is 16.6. The van der Waals surface area contributed by atoms with Gasteiger partial charge in [-0.15, -0.1) is 0 Å². The minimum atomic E-state index is -0.897. The minimum Gasteiger partial charge on any atom is -0.496 e. The molecule has 3 aliphatic rings.